The van der Waals surface area contributed by atoms with Crippen molar-refractivity contribution in [1.29, 1.82) is 0 Å². The van der Waals surface area contributed by atoms with Crippen LogP contribution in [0.5, 0.6) is 0 Å². The summed E-state index contributed by atoms with van der Waals surface area (Å²) in [6.45, 7) is 3.34. The van der Waals surface area contributed by atoms with E-state index in [9.17, 15) is 9.59 Å². The minimum Gasteiger partial charge on any atom is -0.369 e. The molecule has 3 N–H and O–H groups in total. The van der Waals surface area contributed by atoms with Crippen molar-refractivity contribution in [2.75, 3.05) is 19.6 Å². The van der Waals surface area contributed by atoms with E-state index in [0.717, 1.165) is 0 Å². The molecule has 102 valence electrons. The molecule has 1 atom stereocenters. The van der Waals surface area contributed by atoms with Crippen molar-refractivity contribution in [3.63, 3.8) is 0 Å². The SMILES string of the molecule is CC1(C(N)=O)CCN(C(=O)CNC2CCCC2)C1. The third-order valence-electron chi connectivity index (χ3n) is 4.32. The van der Waals surface area contributed by atoms with Crippen LogP contribution >= 0.6 is 0 Å². The predicted octanol–water partition coefficient (Wildman–Crippen LogP) is 0.242. The van der Waals surface area contributed by atoms with Crippen LogP contribution in [0.2, 0.25) is 0 Å². The molecule has 1 saturated heterocycles. The highest BCUT2D eigenvalue weighted by Crippen LogP contribution is 2.29. The topological polar surface area (TPSA) is 75.4 Å². The number of nitrogens with two attached hydrogens (primary N) is 1. The molecule has 1 aliphatic carbocycles. The summed E-state index contributed by atoms with van der Waals surface area (Å²) in [6.07, 6.45) is 5.54. The molecule has 18 heavy (non-hydrogen) atoms. The summed E-state index contributed by atoms with van der Waals surface area (Å²) in [5.41, 5.74) is 4.84. The molecule has 5 nitrogen and oxygen atoms in total. The van der Waals surface area contributed by atoms with Crippen LogP contribution in [0.25, 0.3) is 0 Å². The molecule has 2 amide bonds. The van der Waals surface area contributed by atoms with Gasteiger partial charge in [0.1, 0.15) is 0 Å². The maximum Gasteiger partial charge on any atom is 0.236 e. The second-order valence-corrected chi connectivity index (χ2v) is 5.85. The van der Waals surface area contributed by atoms with Crippen molar-refractivity contribution >= 4 is 11.8 Å². The van der Waals surface area contributed by atoms with Gasteiger partial charge in [-0.25, -0.2) is 0 Å². The third kappa shape index (κ3) is 2.83. The Labute approximate surface area is 108 Å². The largest absolute Gasteiger partial charge is 0.369 e. The Bertz CT molecular complexity index is 339. The van der Waals surface area contributed by atoms with Crippen LogP contribution in [-0.2, 0) is 9.59 Å². The molecule has 0 spiro atoms. The van der Waals surface area contributed by atoms with Gasteiger partial charge in [-0.3, -0.25) is 9.59 Å². The Morgan fingerprint density at radius 2 is 2.06 bits per heavy atom. The molecule has 0 aromatic rings. The summed E-state index contributed by atoms with van der Waals surface area (Å²) in [6, 6.07) is 0.499. The fourth-order valence-corrected chi connectivity index (χ4v) is 2.85. The minimum atomic E-state index is -0.539. The highest BCUT2D eigenvalue weighted by molar-refractivity contribution is 5.84. The van der Waals surface area contributed by atoms with E-state index >= 15 is 0 Å². The Kier molecular flexibility index (Phi) is 3.90. The predicted molar refractivity (Wildman–Crippen MR) is 68.8 cm³/mol. The summed E-state index contributed by atoms with van der Waals surface area (Å²) in [7, 11) is 0. The second kappa shape index (κ2) is 5.26. The number of likely N-dealkylation sites (tertiary alicyclic amines) is 1. The van der Waals surface area contributed by atoms with Crippen molar-refractivity contribution in [1.82, 2.24) is 10.2 Å². The smallest absolute Gasteiger partial charge is 0.236 e. The average Bonchev–Trinajstić information content (AvgIpc) is 2.95. The standard InChI is InChI=1S/C13H23N3O2/c1-13(12(14)18)6-7-16(9-13)11(17)8-15-10-4-2-3-5-10/h10,15H,2-9H2,1H3,(H2,14,18). The lowest BCUT2D eigenvalue weighted by molar-refractivity contribution is -0.131. The molecule has 2 fully saturated rings. The van der Waals surface area contributed by atoms with Gasteiger partial charge in [0.15, 0.2) is 0 Å². The zero-order chi connectivity index (χ0) is 13.2. The fraction of sp³-hybridized carbons (Fsp3) is 0.846. The average molecular weight is 253 g/mol. The van der Waals surface area contributed by atoms with E-state index < -0.39 is 5.41 Å². The van der Waals surface area contributed by atoms with Crippen molar-refractivity contribution < 1.29 is 9.59 Å². The summed E-state index contributed by atoms with van der Waals surface area (Å²) in [4.78, 5) is 25.1. The molecule has 0 bridgehead atoms. The maximum absolute atomic E-state index is 12.0. The molecule has 1 aliphatic heterocycles. The second-order valence-electron chi connectivity index (χ2n) is 5.85. The molecule has 0 aromatic heterocycles. The van der Waals surface area contributed by atoms with Crippen LogP contribution in [0.4, 0.5) is 0 Å². The van der Waals surface area contributed by atoms with Gasteiger partial charge >= 0.3 is 0 Å². The molecule has 0 aromatic carbocycles. The lowest BCUT2D eigenvalue weighted by atomic mass is 9.89. The normalized spacial score (nSPS) is 28.8. The first-order valence-electron chi connectivity index (χ1n) is 6.82. The zero-order valence-electron chi connectivity index (χ0n) is 11.1. The van der Waals surface area contributed by atoms with E-state index in [-0.39, 0.29) is 11.8 Å². The van der Waals surface area contributed by atoms with E-state index in [1.807, 2.05) is 6.92 Å². The van der Waals surface area contributed by atoms with Crippen LogP contribution in [0.1, 0.15) is 39.0 Å². The lowest BCUT2D eigenvalue weighted by Crippen LogP contribution is -2.42. The molecular weight excluding hydrogens is 230 g/mol. The Balaban J connectivity index is 1.78. The monoisotopic (exact) mass is 253 g/mol. The first-order valence-corrected chi connectivity index (χ1v) is 6.82. The number of primary amides is 1. The van der Waals surface area contributed by atoms with Crippen LogP contribution in [0, 0.1) is 5.41 Å². The number of carbonyl (C=O) groups is 2. The molecule has 0 radical (unpaired) electrons. The van der Waals surface area contributed by atoms with E-state index in [1.54, 1.807) is 4.90 Å². The first-order chi connectivity index (χ1) is 8.51. The summed E-state index contributed by atoms with van der Waals surface area (Å²) < 4.78 is 0. The van der Waals surface area contributed by atoms with Crippen LogP contribution in [-0.4, -0.2) is 42.4 Å². The van der Waals surface area contributed by atoms with Gasteiger partial charge in [-0.1, -0.05) is 12.8 Å². The van der Waals surface area contributed by atoms with E-state index in [0.29, 0.717) is 32.1 Å². The van der Waals surface area contributed by atoms with Crippen molar-refractivity contribution in [3.05, 3.63) is 0 Å². The summed E-state index contributed by atoms with van der Waals surface area (Å²) >= 11 is 0. The number of hydrogen-bond acceptors (Lipinski definition) is 3. The van der Waals surface area contributed by atoms with E-state index in [2.05, 4.69) is 5.32 Å². The highest BCUT2D eigenvalue weighted by atomic mass is 16.2. The molecule has 5 heteroatoms. The summed E-state index contributed by atoms with van der Waals surface area (Å²) in [5.74, 6) is -0.214. The Hall–Kier alpha value is -1.10. The minimum absolute atomic E-state index is 0.0897. The van der Waals surface area contributed by atoms with Crippen LogP contribution in [0.15, 0.2) is 0 Å². The van der Waals surface area contributed by atoms with Gasteiger partial charge in [0.25, 0.3) is 0 Å². The molecular formula is C13H23N3O2. The number of nitrogens with one attached hydrogen (secondary N) is 1. The molecule has 2 rings (SSSR count). The van der Waals surface area contributed by atoms with E-state index in [4.69, 9.17) is 5.73 Å². The Morgan fingerprint density at radius 1 is 1.39 bits per heavy atom. The summed E-state index contributed by atoms with van der Waals surface area (Å²) in [5, 5.41) is 3.31. The number of carbonyl (C=O) groups excluding carboxylic acids is 2. The molecule has 1 heterocycles. The number of nitrogens with zero attached hydrogens (tertiary/aromatic N) is 1. The zero-order valence-corrected chi connectivity index (χ0v) is 11.1. The lowest BCUT2D eigenvalue weighted by Gasteiger charge is -2.22. The highest BCUT2D eigenvalue weighted by Gasteiger charge is 2.40. The molecule has 1 saturated carbocycles. The van der Waals surface area contributed by atoms with Gasteiger partial charge in [-0.05, 0) is 26.2 Å². The van der Waals surface area contributed by atoms with Crippen molar-refractivity contribution in [2.24, 2.45) is 11.1 Å². The molecule has 1 unspecified atom stereocenters. The first kappa shape index (κ1) is 13.3. The van der Waals surface area contributed by atoms with Gasteiger partial charge in [0.05, 0.1) is 12.0 Å². The van der Waals surface area contributed by atoms with Gasteiger partial charge in [0.2, 0.25) is 11.8 Å². The van der Waals surface area contributed by atoms with Gasteiger partial charge in [0, 0.05) is 19.1 Å². The number of hydrogen-bond donors (Lipinski definition) is 2. The number of amides is 2. The quantitative estimate of drug-likeness (QED) is 0.753. The van der Waals surface area contributed by atoms with Crippen LogP contribution < -0.4 is 11.1 Å². The van der Waals surface area contributed by atoms with Gasteiger partial charge < -0.3 is 16.0 Å². The van der Waals surface area contributed by atoms with Crippen LogP contribution in [0.3, 0.4) is 0 Å². The third-order valence-corrected chi connectivity index (χ3v) is 4.32. The van der Waals surface area contributed by atoms with E-state index in [1.165, 1.54) is 25.7 Å². The van der Waals surface area contributed by atoms with Gasteiger partial charge in [-0.15, -0.1) is 0 Å². The maximum atomic E-state index is 12.0. The van der Waals surface area contributed by atoms with Crippen molar-refractivity contribution in [3.8, 4) is 0 Å². The number of rotatable bonds is 4. The van der Waals surface area contributed by atoms with Crippen molar-refractivity contribution in [2.45, 2.75) is 45.1 Å². The van der Waals surface area contributed by atoms with Gasteiger partial charge in [-0.2, -0.15) is 0 Å². The Morgan fingerprint density at radius 3 is 2.61 bits per heavy atom. The molecule has 2 aliphatic rings. The fourth-order valence-electron chi connectivity index (χ4n) is 2.85.